The van der Waals surface area contributed by atoms with Crippen LogP contribution < -0.4 is 0 Å². The number of rotatable bonds is 2. The molecule has 0 saturated heterocycles. The maximum absolute atomic E-state index is 8.91. The van der Waals surface area contributed by atoms with Gasteiger partial charge in [0.1, 0.15) is 0 Å². The van der Waals surface area contributed by atoms with Crippen LogP contribution in [-0.4, -0.2) is 11.7 Å². The van der Waals surface area contributed by atoms with Crippen LogP contribution in [0.2, 0.25) is 0 Å². The first-order chi connectivity index (χ1) is 5.36. The lowest BCUT2D eigenvalue weighted by atomic mass is 9.91. The lowest BCUT2D eigenvalue weighted by Crippen LogP contribution is -2.07. The van der Waals surface area contributed by atoms with Gasteiger partial charge in [0, 0.05) is 12.5 Å². The van der Waals surface area contributed by atoms with Crippen LogP contribution in [0.5, 0.6) is 0 Å². The fourth-order valence-electron chi connectivity index (χ4n) is 1.53. The van der Waals surface area contributed by atoms with Crippen LogP contribution in [0.3, 0.4) is 0 Å². The molecule has 0 aromatic rings. The van der Waals surface area contributed by atoms with Gasteiger partial charge >= 0.3 is 0 Å². The maximum atomic E-state index is 8.91. The highest BCUT2D eigenvalue weighted by atomic mass is 16.3. The van der Waals surface area contributed by atoms with Crippen LogP contribution >= 0.6 is 0 Å². The molecule has 62 valence electrons. The third-order valence-corrected chi connectivity index (χ3v) is 2.11. The zero-order valence-electron chi connectivity index (χ0n) is 7.09. The Morgan fingerprint density at radius 1 is 1.73 bits per heavy atom. The Kier molecular flexibility index (Phi) is 3.37. The molecule has 11 heavy (non-hydrogen) atoms. The highest BCUT2D eigenvalue weighted by Gasteiger charge is 2.10. The van der Waals surface area contributed by atoms with E-state index in [1.54, 1.807) is 0 Å². The Morgan fingerprint density at radius 2 is 2.55 bits per heavy atom. The summed E-state index contributed by atoms with van der Waals surface area (Å²) in [5.74, 6) is 0.412. The molecule has 0 spiro atoms. The van der Waals surface area contributed by atoms with E-state index in [-0.39, 0.29) is 0 Å². The number of hydrogen-bond donors (Lipinski definition) is 1. The molecule has 1 nitrogen and oxygen atoms in total. The van der Waals surface area contributed by atoms with Gasteiger partial charge in [-0.1, -0.05) is 23.8 Å². The summed E-state index contributed by atoms with van der Waals surface area (Å²) in [4.78, 5) is 0. The highest BCUT2D eigenvalue weighted by molar-refractivity contribution is 5.21. The maximum Gasteiger partial charge on any atom is 0.0494 e. The van der Waals surface area contributed by atoms with E-state index < -0.39 is 0 Å². The van der Waals surface area contributed by atoms with E-state index in [1.807, 2.05) is 6.92 Å². The summed E-state index contributed by atoms with van der Waals surface area (Å²) in [5.41, 5.74) is 1.39. The Labute approximate surface area is 68.4 Å². The molecule has 0 aromatic heterocycles. The van der Waals surface area contributed by atoms with Crippen LogP contribution in [0.4, 0.5) is 0 Å². The quantitative estimate of drug-likeness (QED) is 0.643. The topological polar surface area (TPSA) is 20.2 Å². The molecule has 0 heterocycles. The van der Waals surface area contributed by atoms with Crippen molar-refractivity contribution in [3.8, 4) is 0 Å². The normalized spacial score (nSPS) is 25.6. The number of hydrogen-bond acceptors (Lipinski definition) is 1. The third kappa shape index (κ3) is 2.51. The largest absolute Gasteiger partial charge is 0.396 e. The number of aliphatic hydroxyl groups is 1. The molecular formula is C10H16O. The van der Waals surface area contributed by atoms with Crippen molar-refractivity contribution in [2.75, 3.05) is 6.61 Å². The Bertz CT molecular complexity index is 168. The van der Waals surface area contributed by atoms with Gasteiger partial charge in [0.2, 0.25) is 0 Å². The van der Waals surface area contributed by atoms with E-state index in [1.165, 1.54) is 18.4 Å². The van der Waals surface area contributed by atoms with Gasteiger partial charge in [0.25, 0.3) is 0 Å². The SMILES string of the molecule is C/C=C/C1=C[C@H](CO)CCC1. The van der Waals surface area contributed by atoms with Crippen LogP contribution in [0, 0.1) is 5.92 Å². The fourth-order valence-corrected chi connectivity index (χ4v) is 1.53. The van der Waals surface area contributed by atoms with E-state index in [0.29, 0.717) is 12.5 Å². The summed E-state index contributed by atoms with van der Waals surface area (Å²) in [6.07, 6.45) is 9.96. The molecule has 0 fully saturated rings. The molecule has 0 bridgehead atoms. The van der Waals surface area contributed by atoms with Crippen LogP contribution in [-0.2, 0) is 0 Å². The van der Waals surface area contributed by atoms with Crippen molar-refractivity contribution in [1.29, 1.82) is 0 Å². The van der Waals surface area contributed by atoms with Gasteiger partial charge in [-0.15, -0.1) is 0 Å². The average molecular weight is 152 g/mol. The lowest BCUT2D eigenvalue weighted by Gasteiger charge is -2.16. The zero-order valence-corrected chi connectivity index (χ0v) is 7.09. The summed E-state index contributed by atoms with van der Waals surface area (Å²) < 4.78 is 0. The van der Waals surface area contributed by atoms with E-state index >= 15 is 0 Å². The first kappa shape index (κ1) is 8.54. The molecule has 0 unspecified atom stereocenters. The van der Waals surface area contributed by atoms with Gasteiger partial charge in [0.15, 0.2) is 0 Å². The zero-order chi connectivity index (χ0) is 8.10. The molecule has 1 aliphatic carbocycles. The Hall–Kier alpha value is -0.560. The van der Waals surface area contributed by atoms with Gasteiger partial charge < -0.3 is 5.11 Å². The van der Waals surface area contributed by atoms with Crippen molar-refractivity contribution in [2.24, 2.45) is 5.92 Å². The minimum Gasteiger partial charge on any atom is -0.396 e. The fraction of sp³-hybridized carbons (Fsp3) is 0.600. The average Bonchev–Trinajstić information content (AvgIpc) is 2.06. The molecule has 1 heteroatoms. The third-order valence-electron chi connectivity index (χ3n) is 2.11. The second-order valence-electron chi connectivity index (χ2n) is 3.08. The van der Waals surface area contributed by atoms with E-state index in [2.05, 4.69) is 18.2 Å². The van der Waals surface area contributed by atoms with Crippen LogP contribution in [0.1, 0.15) is 26.2 Å². The minimum absolute atomic E-state index is 0.307. The molecule has 1 N–H and O–H groups in total. The van der Waals surface area contributed by atoms with E-state index in [4.69, 9.17) is 5.11 Å². The molecule has 1 atom stereocenters. The van der Waals surface area contributed by atoms with Gasteiger partial charge in [0.05, 0.1) is 0 Å². The monoisotopic (exact) mass is 152 g/mol. The molecule has 1 aliphatic rings. The number of allylic oxidation sites excluding steroid dienone is 3. The summed E-state index contributed by atoms with van der Waals surface area (Å²) in [5, 5.41) is 8.91. The second kappa shape index (κ2) is 4.35. The van der Waals surface area contributed by atoms with Gasteiger partial charge in [-0.3, -0.25) is 0 Å². The van der Waals surface area contributed by atoms with Gasteiger partial charge in [-0.25, -0.2) is 0 Å². The highest BCUT2D eigenvalue weighted by Crippen LogP contribution is 2.22. The molecule has 1 rings (SSSR count). The van der Waals surface area contributed by atoms with Crippen molar-refractivity contribution in [3.63, 3.8) is 0 Å². The smallest absolute Gasteiger partial charge is 0.0494 e. The predicted molar refractivity (Wildman–Crippen MR) is 47.3 cm³/mol. The molecule has 0 saturated carbocycles. The van der Waals surface area contributed by atoms with Crippen molar-refractivity contribution in [3.05, 3.63) is 23.8 Å². The summed E-state index contributed by atoms with van der Waals surface area (Å²) in [6, 6.07) is 0. The van der Waals surface area contributed by atoms with Gasteiger partial charge in [-0.05, 0) is 26.2 Å². The molecular weight excluding hydrogens is 136 g/mol. The summed E-state index contributed by atoms with van der Waals surface area (Å²) in [6.45, 7) is 2.34. The van der Waals surface area contributed by atoms with Crippen molar-refractivity contribution < 1.29 is 5.11 Å². The summed E-state index contributed by atoms with van der Waals surface area (Å²) in [7, 11) is 0. The summed E-state index contributed by atoms with van der Waals surface area (Å²) >= 11 is 0. The molecule has 0 amide bonds. The lowest BCUT2D eigenvalue weighted by molar-refractivity contribution is 0.240. The molecule has 0 radical (unpaired) electrons. The van der Waals surface area contributed by atoms with E-state index in [0.717, 1.165) is 6.42 Å². The standard InChI is InChI=1S/C10H16O/c1-2-4-9-5-3-6-10(7-9)8-11/h2,4,7,10-11H,3,5-6,8H2,1H3/b4-2+/t10-/m1/s1. The van der Waals surface area contributed by atoms with Crippen LogP contribution in [0.15, 0.2) is 23.8 Å². The Balaban J connectivity index is 2.56. The second-order valence-corrected chi connectivity index (χ2v) is 3.08. The van der Waals surface area contributed by atoms with Crippen molar-refractivity contribution >= 4 is 0 Å². The molecule has 0 aromatic carbocycles. The number of aliphatic hydroxyl groups excluding tert-OH is 1. The predicted octanol–water partition coefficient (Wildman–Crippen LogP) is 2.28. The van der Waals surface area contributed by atoms with Crippen molar-refractivity contribution in [1.82, 2.24) is 0 Å². The van der Waals surface area contributed by atoms with Crippen molar-refractivity contribution in [2.45, 2.75) is 26.2 Å². The van der Waals surface area contributed by atoms with Crippen LogP contribution in [0.25, 0.3) is 0 Å². The Morgan fingerprint density at radius 3 is 3.18 bits per heavy atom. The van der Waals surface area contributed by atoms with E-state index in [9.17, 15) is 0 Å². The molecule has 0 aliphatic heterocycles. The van der Waals surface area contributed by atoms with Gasteiger partial charge in [-0.2, -0.15) is 0 Å². The first-order valence-corrected chi connectivity index (χ1v) is 4.31. The minimum atomic E-state index is 0.307. The first-order valence-electron chi connectivity index (χ1n) is 4.31.